The lowest BCUT2D eigenvalue weighted by molar-refractivity contribution is 0.0724. The number of amides is 1. The Labute approximate surface area is 131 Å². The Bertz CT molecular complexity index is 778. The van der Waals surface area contributed by atoms with E-state index in [4.69, 9.17) is 0 Å². The Hall–Kier alpha value is -2.77. The molecule has 2 aromatic rings. The molecular formula is C15H16FN5O2. The third-order valence-corrected chi connectivity index (χ3v) is 3.94. The van der Waals surface area contributed by atoms with Gasteiger partial charge >= 0.3 is 0 Å². The summed E-state index contributed by atoms with van der Waals surface area (Å²) in [7, 11) is 0. The van der Waals surface area contributed by atoms with Crippen molar-refractivity contribution >= 4 is 11.6 Å². The van der Waals surface area contributed by atoms with Crippen LogP contribution in [0.15, 0.2) is 35.6 Å². The van der Waals surface area contributed by atoms with Gasteiger partial charge in [0.1, 0.15) is 5.56 Å². The molecular weight excluding hydrogens is 301 g/mol. The lowest BCUT2D eigenvalue weighted by Crippen LogP contribution is -2.54. The average Bonchev–Trinajstić information content (AvgIpc) is 2.55. The van der Waals surface area contributed by atoms with Gasteiger partial charge < -0.3 is 9.80 Å². The van der Waals surface area contributed by atoms with Crippen LogP contribution in [0.1, 0.15) is 17.3 Å². The van der Waals surface area contributed by atoms with Gasteiger partial charge in [-0.15, -0.1) is 0 Å². The van der Waals surface area contributed by atoms with Crippen molar-refractivity contribution in [3.8, 4) is 0 Å². The van der Waals surface area contributed by atoms with Crippen molar-refractivity contribution in [1.82, 2.24) is 20.1 Å². The fourth-order valence-corrected chi connectivity index (χ4v) is 2.78. The summed E-state index contributed by atoms with van der Waals surface area (Å²) in [6.07, 6.45) is 5.11. The van der Waals surface area contributed by atoms with Gasteiger partial charge in [-0.1, -0.05) is 0 Å². The van der Waals surface area contributed by atoms with Gasteiger partial charge in [-0.2, -0.15) is 5.10 Å². The number of H-pyrrole nitrogens is 1. The number of aromatic amines is 1. The van der Waals surface area contributed by atoms with Crippen molar-refractivity contribution in [1.29, 1.82) is 0 Å². The Kier molecular flexibility index (Phi) is 4.05. The topological polar surface area (TPSA) is 82.2 Å². The van der Waals surface area contributed by atoms with Crippen molar-refractivity contribution in [2.75, 3.05) is 24.5 Å². The number of halogens is 1. The van der Waals surface area contributed by atoms with Crippen molar-refractivity contribution in [2.24, 2.45) is 0 Å². The molecule has 3 heterocycles. The first-order valence-electron chi connectivity index (χ1n) is 7.26. The molecule has 0 saturated carbocycles. The zero-order valence-electron chi connectivity index (χ0n) is 12.6. The van der Waals surface area contributed by atoms with Crippen LogP contribution in [0.4, 0.5) is 10.1 Å². The van der Waals surface area contributed by atoms with Gasteiger partial charge in [0, 0.05) is 38.1 Å². The van der Waals surface area contributed by atoms with Gasteiger partial charge in [-0.25, -0.2) is 4.39 Å². The number of pyridine rings is 1. The van der Waals surface area contributed by atoms with Crippen molar-refractivity contribution < 1.29 is 9.18 Å². The van der Waals surface area contributed by atoms with E-state index in [1.807, 2.05) is 11.8 Å². The summed E-state index contributed by atoms with van der Waals surface area (Å²) >= 11 is 0. The smallest absolute Gasteiger partial charge is 0.259 e. The molecule has 1 amide bonds. The second kappa shape index (κ2) is 6.15. The molecule has 0 spiro atoms. The van der Waals surface area contributed by atoms with Crippen LogP contribution in [-0.4, -0.2) is 51.7 Å². The van der Waals surface area contributed by atoms with E-state index in [1.165, 1.54) is 12.4 Å². The van der Waals surface area contributed by atoms with Crippen molar-refractivity contribution in [3.05, 3.63) is 52.5 Å². The lowest BCUT2D eigenvalue weighted by Gasteiger charge is -2.41. The van der Waals surface area contributed by atoms with Gasteiger partial charge in [0.2, 0.25) is 5.43 Å². The van der Waals surface area contributed by atoms with Crippen LogP contribution in [0.2, 0.25) is 0 Å². The van der Waals surface area contributed by atoms with Crippen LogP contribution in [-0.2, 0) is 0 Å². The molecule has 1 saturated heterocycles. The molecule has 0 radical (unpaired) electrons. The fraction of sp³-hybridized carbons (Fsp3) is 0.333. The number of carbonyl (C=O) groups excluding carboxylic acids is 1. The quantitative estimate of drug-likeness (QED) is 0.879. The summed E-state index contributed by atoms with van der Waals surface area (Å²) in [4.78, 5) is 31.4. The maximum atomic E-state index is 13.9. The van der Waals surface area contributed by atoms with E-state index in [9.17, 15) is 14.0 Å². The van der Waals surface area contributed by atoms with E-state index in [0.29, 0.717) is 25.3 Å². The molecule has 120 valence electrons. The van der Waals surface area contributed by atoms with Gasteiger partial charge in [-0.3, -0.25) is 19.7 Å². The third kappa shape index (κ3) is 2.92. The largest absolute Gasteiger partial charge is 0.363 e. The maximum absolute atomic E-state index is 13.9. The van der Waals surface area contributed by atoms with E-state index >= 15 is 0 Å². The standard InChI is InChI=1S/C15H16FN5O2/c1-10-9-20(15(23)11-6-18-19-8-14(11)22)4-5-21(10)13-2-3-17-7-12(13)16/h2-3,6-8,10H,4-5,9H2,1H3,(H,18,22). The Morgan fingerprint density at radius 3 is 2.91 bits per heavy atom. The summed E-state index contributed by atoms with van der Waals surface area (Å²) in [6.45, 7) is 3.21. The minimum atomic E-state index is -0.413. The zero-order valence-corrected chi connectivity index (χ0v) is 12.6. The molecule has 0 bridgehead atoms. The number of hydrogen-bond donors (Lipinski definition) is 1. The lowest BCUT2D eigenvalue weighted by atomic mass is 10.1. The van der Waals surface area contributed by atoms with E-state index < -0.39 is 5.43 Å². The molecule has 1 aliphatic rings. The highest BCUT2D eigenvalue weighted by Crippen LogP contribution is 2.23. The molecule has 7 nitrogen and oxygen atoms in total. The molecule has 2 aromatic heterocycles. The molecule has 3 rings (SSSR count). The second-order valence-electron chi connectivity index (χ2n) is 5.43. The summed E-state index contributed by atoms with van der Waals surface area (Å²) in [5.41, 5.74) is 0.126. The molecule has 1 N–H and O–H groups in total. The summed E-state index contributed by atoms with van der Waals surface area (Å²) < 4.78 is 13.9. The molecule has 23 heavy (non-hydrogen) atoms. The number of hydrogen-bond acceptors (Lipinski definition) is 5. The third-order valence-electron chi connectivity index (χ3n) is 3.94. The zero-order chi connectivity index (χ0) is 16.4. The SMILES string of the molecule is CC1CN(C(=O)c2c[nH]ncc2=O)CCN1c1ccncc1F. The normalized spacial score (nSPS) is 18.1. The van der Waals surface area contributed by atoms with E-state index in [-0.39, 0.29) is 23.3 Å². The minimum absolute atomic E-state index is 0.0655. The average molecular weight is 317 g/mol. The monoisotopic (exact) mass is 317 g/mol. The van der Waals surface area contributed by atoms with Crippen LogP contribution in [0, 0.1) is 5.82 Å². The molecule has 1 aliphatic heterocycles. The first-order chi connectivity index (χ1) is 11.1. The second-order valence-corrected chi connectivity index (χ2v) is 5.43. The predicted octanol–water partition coefficient (Wildman–Crippen LogP) is 0.655. The summed E-state index contributed by atoms with van der Waals surface area (Å²) in [6, 6.07) is 1.54. The van der Waals surface area contributed by atoms with Gasteiger partial charge in [0.15, 0.2) is 5.82 Å². The van der Waals surface area contributed by atoms with Crippen LogP contribution in [0.25, 0.3) is 0 Å². The summed E-state index contributed by atoms with van der Waals surface area (Å²) in [5, 5.41) is 6.10. The van der Waals surface area contributed by atoms with Crippen LogP contribution >= 0.6 is 0 Å². The number of nitrogens with zero attached hydrogens (tertiary/aromatic N) is 4. The van der Waals surface area contributed by atoms with E-state index in [1.54, 1.807) is 17.2 Å². The van der Waals surface area contributed by atoms with Crippen molar-refractivity contribution in [2.45, 2.75) is 13.0 Å². The Balaban J connectivity index is 1.77. The highest BCUT2D eigenvalue weighted by atomic mass is 19.1. The minimum Gasteiger partial charge on any atom is -0.363 e. The predicted molar refractivity (Wildman–Crippen MR) is 81.8 cm³/mol. The highest BCUT2D eigenvalue weighted by molar-refractivity contribution is 5.93. The van der Waals surface area contributed by atoms with Crippen LogP contribution in [0.3, 0.4) is 0 Å². The molecule has 1 unspecified atom stereocenters. The number of anilines is 1. The van der Waals surface area contributed by atoms with E-state index in [2.05, 4.69) is 15.2 Å². The van der Waals surface area contributed by atoms with Gasteiger partial charge in [0.25, 0.3) is 5.91 Å². The highest BCUT2D eigenvalue weighted by Gasteiger charge is 2.29. The first-order valence-corrected chi connectivity index (χ1v) is 7.26. The molecule has 1 fully saturated rings. The number of piperazine rings is 1. The molecule has 8 heteroatoms. The van der Waals surface area contributed by atoms with Gasteiger partial charge in [-0.05, 0) is 13.0 Å². The number of aromatic nitrogens is 3. The van der Waals surface area contributed by atoms with Crippen LogP contribution in [0.5, 0.6) is 0 Å². The summed E-state index contributed by atoms with van der Waals surface area (Å²) in [5.74, 6) is -0.722. The Morgan fingerprint density at radius 2 is 2.22 bits per heavy atom. The maximum Gasteiger partial charge on any atom is 0.259 e. The number of carbonyl (C=O) groups is 1. The number of rotatable bonds is 2. The van der Waals surface area contributed by atoms with Crippen molar-refractivity contribution in [3.63, 3.8) is 0 Å². The molecule has 1 atom stereocenters. The first kappa shape index (κ1) is 15.1. The fourth-order valence-electron chi connectivity index (χ4n) is 2.78. The van der Waals surface area contributed by atoms with E-state index in [0.717, 1.165) is 6.20 Å². The molecule has 0 aromatic carbocycles. The number of nitrogens with one attached hydrogen (secondary N) is 1. The van der Waals surface area contributed by atoms with Gasteiger partial charge in [0.05, 0.1) is 18.1 Å². The molecule has 0 aliphatic carbocycles. The van der Waals surface area contributed by atoms with Crippen LogP contribution < -0.4 is 10.3 Å². The Morgan fingerprint density at radius 1 is 1.39 bits per heavy atom.